The zero-order chi connectivity index (χ0) is 17.1. The Kier molecular flexibility index (Phi) is 3.24. The molecule has 2 heterocycles. The summed E-state index contributed by atoms with van der Waals surface area (Å²) in [5, 5.41) is 12.3. The van der Waals surface area contributed by atoms with E-state index in [0.29, 0.717) is 27.5 Å². The molecule has 4 nitrogen and oxygen atoms in total. The second-order valence-electron chi connectivity index (χ2n) is 6.31. The van der Waals surface area contributed by atoms with Gasteiger partial charge < -0.3 is 14.3 Å². The Bertz CT molecular complexity index is 1020. The molecule has 0 bridgehead atoms. The topological polar surface area (TPSA) is 59.7 Å². The van der Waals surface area contributed by atoms with E-state index in [-0.39, 0.29) is 0 Å². The smallest absolute Gasteiger partial charge is 0.336 e. The maximum Gasteiger partial charge on any atom is 0.336 e. The predicted molar refractivity (Wildman–Crippen MR) is 91.6 cm³/mol. The maximum atomic E-state index is 12.0. The first kappa shape index (κ1) is 15.2. The summed E-state index contributed by atoms with van der Waals surface area (Å²) in [6, 6.07) is 12.1. The van der Waals surface area contributed by atoms with Crippen LogP contribution in [0, 0.1) is 6.92 Å². The molecule has 3 aromatic rings. The van der Waals surface area contributed by atoms with E-state index in [1.165, 1.54) is 6.07 Å². The second-order valence-corrected chi connectivity index (χ2v) is 6.74. The second kappa shape index (κ2) is 5.10. The Labute approximate surface area is 143 Å². The van der Waals surface area contributed by atoms with Crippen molar-refractivity contribution < 1.29 is 14.3 Å². The largest absolute Gasteiger partial charge is 0.482 e. The van der Waals surface area contributed by atoms with Crippen molar-refractivity contribution in [3.05, 3.63) is 74.6 Å². The molecular formula is C19H15ClO4. The van der Waals surface area contributed by atoms with Gasteiger partial charge in [-0.15, -0.1) is 0 Å². The maximum absolute atomic E-state index is 12.0. The lowest BCUT2D eigenvalue weighted by molar-refractivity contribution is -0.0255. The first-order chi connectivity index (χ1) is 11.4. The van der Waals surface area contributed by atoms with Crippen molar-refractivity contribution in [2.45, 2.75) is 25.6 Å². The van der Waals surface area contributed by atoms with Gasteiger partial charge in [-0.3, -0.25) is 0 Å². The summed E-state index contributed by atoms with van der Waals surface area (Å²) in [5.41, 5.74) is 0.873. The summed E-state index contributed by atoms with van der Waals surface area (Å²) in [7, 11) is 0. The van der Waals surface area contributed by atoms with Crippen molar-refractivity contribution in [1.82, 2.24) is 0 Å². The van der Waals surface area contributed by atoms with Crippen molar-refractivity contribution in [2.24, 2.45) is 0 Å². The number of ether oxygens (including phenoxy) is 1. The summed E-state index contributed by atoms with van der Waals surface area (Å²) < 4.78 is 11.3. The van der Waals surface area contributed by atoms with Crippen LogP contribution in [0.3, 0.4) is 0 Å². The highest BCUT2D eigenvalue weighted by molar-refractivity contribution is 6.30. The number of aliphatic hydroxyl groups is 1. The van der Waals surface area contributed by atoms with Crippen LogP contribution in [0.5, 0.6) is 5.75 Å². The SMILES string of the molecule is Cc1ccc2c([C@@H]3Oc4ccc(Cl)cc4[C@]3(C)O)cc(=O)oc2c1. The van der Waals surface area contributed by atoms with Crippen LogP contribution >= 0.6 is 11.6 Å². The molecule has 0 fully saturated rings. The molecule has 0 radical (unpaired) electrons. The lowest BCUT2D eigenvalue weighted by Crippen LogP contribution is -2.28. The van der Waals surface area contributed by atoms with Crippen LogP contribution in [0.1, 0.15) is 29.7 Å². The average molecular weight is 343 g/mol. The first-order valence-electron chi connectivity index (χ1n) is 7.60. The summed E-state index contributed by atoms with van der Waals surface area (Å²) in [4.78, 5) is 12.0. The van der Waals surface area contributed by atoms with E-state index >= 15 is 0 Å². The fourth-order valence-electron chi connectivity index (χ4n) is 3.26. The van der Waals surface area contributed by atoms with Crippen molar-refractivity contribution in [2.75, 3.05) is 0 Å². The van der Waals surface area contributed by atoms with E-state index in [9.17, 15) is 9.90 Å². The fraction of sp³-hybridized carbons (Fsp3) is 0.211. The summed E-state index contributed by atoms with van der Waals surface area (Å²) in [5.74, 6) is 0.558. The van der Waals surface area contributed by atoms with Crippen LogP contribution in [0.4, 0.5) is 0 Å². The Morgan fingerprint density at radius 1 is 1.17 bits per heavy atom. The van der Waals surface area contributed by atoms with Gasteiger partial charge in [0.15, 0.2) is 6.10 Å². The van der Waals surface area contributed by atoms with Gasteiger partial charge in [0.05, 0.1) is 0 Å². The summed E-state index contributed by atoms with van der Waals surface area (Å²) >= 11 is 6.05. The summed E-state index contributed by atoms with van der Waals surface area (Å²) in [6.45, 7) is 3.58. The van der Waals surface area contributed by atoms with Crippen LogP contribution < -0.4 is 10.4 Å². The molecule has 1 aliphatic rings. The van der Waals surface area contributed by atoms with Gasteiger partial charge in [0.1, 0.15) is 16.9 Å². The molecule has 1 N–H and O–H groups in total. The standard InChI is InChI=1S/C19H15ClO4/c1-10-3-5-12-13(9-17(21)23-16(12)7-10)18-19(2,22)14-8-11(20)4-6-15(14)24-18/h3-9,18,22H,1-2H3/t18-,19-/m0/s1. The van der Waals surface area contributed by atoms with Crippen molar-refractivity contribution in [1.29, 1.82) is 0 Å². The van der Waals surface area contributed by atoms with Crippen molar-refractivity contribution >= 4 is 22.6 Å². The molecule has 1 aromatic heterocycles. The third-order valence-electron chi connectivity index (χ3n) is 4.46. The van der Waals surface area contributed by atoms with E-state index in [1.54, 1.807) is 31.2 Å². The Morgan fingerprint density at radius 3 is 2.75 bits per heavy atom. The normalized spacial score (nSPS) is 22.4. The third kappa shape index (κ3) is 2.22. The molecule has 1 aliphatic heterocycles. The van der Waals surface area contributed by atoms with Crippen LogP contribution in [0.2, 0.25) is 5.02 Å². The number of hydrogen-bond acceptors (Lipinski definition) is 4. The minimum atomic E-state index is -1.31. The zero-order valence-electron chi connectivity index (χ0n) is 13.2. The third-order valence-corrected chi connectivity index (χ3v) is 4.69. The lowest BCUT2D eigenvalue weighted by Gasteiger charge is -2.25. The number of fused-ring (bicyclic) bond motifs is 2. The molecule has 0 amide bonds. The molecule has 2 atom stereocenters. The molecule has 122 valence electrons. The van der Waals surface area contributed by atoms with Crippen molar-refractivity contribution in [3.8, 4) is 5.75 Å². The quantitative estimate of drug-likeness (QED) is 0.676. The molecule has 4 rings (SSSR count). The van der Waals surface area contributed by atoms with Gasteiger partial charge in [-0.05, 0) is 43.7 Å². The van der Waals surface area contributed by atoms with Gasteiger partial charge in [0.2, 0.25) is 0 Å². The minimum Gasteiger partial charge on any atom is -0.482 e. The molecule has 2 aromatic carbocycles. The first-order valence-corrected chi connectivity index (χ1v) is 7.97. The Hall–Kier alpha value is -2.30. The average Bonchev–Trinajstić information content (AvgIpc) is 2.77. The van der Waals surface area contributed by atoms with Gasteiger partial charge in [0, 0.05) is 27.6 Å². The van der Waals surface area contributed by atoms with Gasteiger partial charge in [-0.25, -0.2) is 4.79 Å². The van der Waals surface area contributed by atoms with Crippen LogP contribution in [-0.4, -0.2) is 5.11 Å². The summed E-state index contributed by atoms with van der Waals surface area (Å²) in [6.07, 6.45) is -0.722. The molecule has 0 saturated heterocycles. The van der Waals surface area contributed by atoms with E-state index in [2.05, 4.69) is 0 Å². The Balaban J connectivity index is 1.95. The number of benzene rings is 2. The van der Waals surface area contributed by atoms with Crippen LogP contribution in [-0.2, 0) is 5.60 Å². The number of aryl methyl sites for hydroxylation is 1. The molecule has 0 saturated carbocycles. The van der Waals surface area contributed by atoms with Crippen LogP contribution in [0.25, 0.3) is 11.0 Å². The van der Waals surface area contributed by atoms with Gasteiger partial charge in [-0.1, -0.05) is 23.7 Å². The minimum absolute atomic E-state index is 0.475. The highest BCUT2D eigenvalue weighted by Crippen LogP contribution is 2.50. The molecule has 0 aliphatic carbocycles. The predicted octanol–water partition coefficient (Wildman–Crippen LogP) is 4.10. The van der Waals surface area contributed by atoms with E-state index in [4.69, 9.17) is 20.8 Å². The highest BCUT2D eigenvalue weighted by Gasteiger charge is 2.45. The monoisotopic (exact) mass is 342 g/mol. The molecule has 0 spiro atoms. The molecule has 24 heavy (non-hydrogen) atoms. The zero-order valence-corrected chi connectivity index (χ0v) is 13.9. The van der Waals surface area contributed by atoms with Gasteiger partial charge in [0.25, 0.3) is 0 Å². The van der Waals surface area contributed by atoms with Gasteiger partial charge >= 0.3 is 5.63 Å². The molecule has 0 unspecified atom stereocenters. The van der Waals surface area contributed by atoms with Gasteiger partial charge in [-0.2, -0.15) is 0 Å². The number of hydrogen-bond donors (Lipinski definition) is 1. The van der Waals surface area contributed by atoms with E-state index in [1.807, 2.05) is 19.1 Å². The Morgan fingerprint density at radius 2 is 1.96 bits per heavy atom. The van der Waals surface area contributed by atoms with Crippen molar-refractivity contribution in [3.63, 3.8) is 0 Å². The number of rotatable bonds is 1. The van der Waals surface area contributed by atoms with E-state index < -0.39 is 17.3 Å². The lowest BCUT2D eigenvalue weighted by atomic mass is 9.87. The van der Waals surface area contributed by atoms with Crippen LogP contribution in [0.15, 0.2) is 51.7 Å². The molecule has 5 heteroatoms. The fourth-order valence-corrected chi connectivity index (χ4v) is 3.43. The molecular weight excluding hydrogens is 328 g/mol. The number of halogens is 1. The van der Waals surface area contributed by atoms with E-state index in [0.717, 1.165) is 10.9 Å². The highest BCUT2D eigenvalue weighted by atomic mass is 35.5.